The lowest BCUT2D eigenvalue weighted by molar-refractivity contribution is -0.137. The predicted octanol–water partition coefficient (Wildman–Crippen LogP) is 7.88. The van der Waals surface area contributed by atoms with E-state index in [-0.39, 0.29) is 36.2 Å². The number of nitrogens with zero attached hydrogens (tertiary/aromatic N) is 4. The first-order valence-corrected chi connectivity index (χ1v) is 20.9. The number of amides is 4. The zero-order chi connectivity index (χ0) is 41.4. The van der Waals surface area contributed by atoms with Crippen LogP contribution in [0.2, 0.25) is 0 Å². The number of H-pyrrole nitrogens is 2. The van der Waals surface area contributed by atoms with Crippen LogP contribution < -0.4 is 10.6 Å². The number of fused-ring (bicyclic) bond motifs is 2. The van der Waals surface area contributed by atoms with E-state index in [2.05, 4.69) is 67.0 Å². The first-order valence-electron chi connectivity index (χ1n) is 19.3. The Kier molecular flexibility index (Phi) is 14.7. The maximum atomic E-state index is 13.7. The summed E-state index contributed by atoms with van der Waals surface area (Å²) in [6.45, 7) is 14.8. The summed E-state index contributed by atoms with van der Waals surface area (Å²) in [5, 5.41) is 5.38. The summed E-state index contributed by atoms with van der Waals surface area (Å²) in [5.41, 5.74) is 3.66. The summed E-state index contributed by atoms with van der Waals surface area (Å²) in [7, 11) is 2.57. The summed E-state index contributed by atoms with van der Waals surface area (Å²) in [4.78, 5) is 75.4. The number of hydrogen-bond donors (Lipinski definition) is 4. The van der Waals surface area contributed by atoms with Crippen LogP contribution in [0, 0.1) is 11.8 Å². The highest BCUT2D eigenvalue weighted by Gasteiger charge is 2.33. The molecule has 3 atom stereocenters. The number of alkyl carbamates (subject to hydrolysis) is 2. The van der Waals surface area contributed by atoms with E-state index in [0.717, 1.165) is 54.9 Å². The maximum absolute atomic E-state index is 13.7. The summed E-state index contributed by atoms with van der Waals surface area (Å²) in [6.07, 6.45) is 3.81. The van der Waals surface area contributed by atoms with Gasteiger partial charge in [-0.2, -0.15) is 0 Å². The molecule has 4 N–H and O–H groups in total. The van der Waals surface area contributed by atoms with Crippen molar-refractivity contribution in [1.82, 2.24) is 40.4 Å². The summed E-state index contributed by atoms with van der Waals surface area (Å²) in [6, 6.07) is 10.9. The fourth-order valence-corrected chi connectivity index (χ4v) is 8.85. The Morgan fingerprint density at radius 2 is 1.21 bits per heavy atom. The smallest absolute Gasteiger partial charge is 0.407 e. The molecule has 0 spiro atoms. The quantitative estimate of drug-likeness (QED) is 0.0767. The number of carbonyl (C=O) groups excluding carboxylic acids is 4. The molecule has 0 unspecified atom stereocenters. The minimum absolute atomic E-state index is 0.124. The first-order chi connectivity index (χ1) is 27.3. The second-order valence-corrected chi connectivity index (χ2v) is 16.8. The molecule has 306 valence electrons. The normalized spacial score (nSPS) is 13.6. The molecule has 1 aliphatic heterocycles. The number of benzene rings is 2. The minimum Gasteiger partial charge on any atom is -0.453 e. The largest absolute Gasteiger partial charge is 0.453 e. The third kappa shape index (κ3) is 10.3. The van der Waals surface area contributed by atoms with E-state index < -0.39 is 24.3 Å². The van der Waals surface area contributed by atoms with Gasteiger partial charge in [-0.05, 0) is 55.9 Å². The molecule has 0 radical (unpaired) electrons. The molecule has 1 aliphatic rings. The molecule has 0 saturated heterocycles. The van der Waals surface area contributed by atoms with Crippen LogP contribution in [0.25, 0.3) is 22.5 Å². The molecule has 3 heterocycles. The zero-order valence-corrected chi connectivity index (χ0v) is 35.7. The Hall–Kier alpha value is -4.96. The molecular formula is C41H54N8O6S2. The van der Waals surface area contributed by atoms with E-state index in [4.69, 9.17) is 9.47 Å². The van der Waals surface area contributed by atoms with Crippen LogP contribution in [0.15, 0.2) is 68.4 Å². The van der Waals surface area contributed by atoms with Gasteiger partial charge in [0.15, 0.2) is 0 Å². The van der Waals surface area contributed by atoms with E-state index >= 15 is 0 Å². The molecule has 4 aromatic rings. The van der Waals surface area contributed by atoms with Crippen molar-refractivity contribution in [2.75, 3.05) is 27.3 Å². The predicted molar refractivity (Wildman–Crippen MR) is 221 cm³/mol. The Labute approximate surface area is 343 Å². The van der Waals surface area contributed by atoms with E-state index in [1.54, 1.807) is 45.7 Å². The molecule has 4 amide bonds. The number of methoxy groups -OCH3 is 2. The molecule has 0 bridgehead atoms. The molecule has 0 aliphatic carbocycles. The van der Waals surface area contributed by atoms with Gasteiger partial charge in [0.2, 0.25) is 11.8 Å². The van der Waals surface area contributed by atoms with E-state index in [0.29, 0.717) is 24.7 Å². The molecule has 2 aromatic carbocycles. The molecule has 2 aromatic heterocycles. The topological polar surface area (TPSA) is 175 Å². The van der Waals surface area contributed by atoms with Crippen molar-refractivity contribution >= 4 is 47.5 Å². The van der Waals surface area contributed by atoms with Crippen LogP contribution in [0.3, 0.4) is 0 Å². The van der Waals surface area contributed by atoms with Crippen molar-refractivity contribution in [1.29, 1.82) is 0 Å². The lowest BCUT2D eigenvalue weighted by atomic mass is 10.0. The van der Waals surface area contributed by atoms with E-state index in [1.165, 1.54) is 14.2 Å². The molecular weight excluding hydrogens is 765 g/mol. The molecule has 14 nitrogen and oxygen atoms in total. The summed E-state index contributed by atoms with van der Waals surface area (Å²) in [5.74, 6) is 0.689. The van der Waals surface area contributed by atoms with Crippen molar-refractivity contribution < 1.29 is 28.7 Å². The first kappa shape index (κ1) is 43.2. The Bertz CT molecular complexity index is 2050. The van der Waals surface area contributed by atoms with Crippen LogP contribution in [0.4, 0.5) is 9.59 Å². The van der Waals surface area contributed by atoms with Crippen LogP contribution in [-0.2, 0) is 25.6 Å². The summed E-state index contributed by atoms with van der Waals surface area (Å²) < 4.78 is 9.53. The monoisotopic (exact) mass is 818 g/mol. The molecule has 57 heavy (non-hydrogen) atoms. The second-order valence-electron chi connectivity index (χ2n) is 14.6. The van der Waals surface area contributed by atoms with Gasteiger partial charge in [0.25, 0.3) is 0 Å². The fraction of sp³-hybridized carbons (Fsp3) is 0.463. The molecule has 16 heteroatoms. The second kappa shape index (κ2) is 19.5. The zero-order valence-electron chi connectivity index (χ0n) is 34.1. The van der Waals surface area contributed by atoms with Crippen molar-refractivity contribution in [2.24, 2.45) is 11.8 Å². The number of nitrogens with one attached hydrogen (secondary N) is 4. The molecule has 0 fully saturated rings. The minimum atomic E-state index is -0.729. The van der Waals surface area contributed by atoms with Gasteiger partial charge in [0.05, 0.1) is 50.6 Å². The number of carbonyl (C=O) groups is 4. The van der Waals surface area contributed by atoms with Gasteiger partial charge in [-0.15, -0.1) is 0 Å². The van der Waals surface area contributed by atoms with Crippen molar-refractivity contribution in [2.45, 2.75) is 106 Å². The van der Waals surface area contributed by atoms with E-state index in [1.807, 2.05) is 48.5 Å². The van der Waals surface area contributed by atoms with Crippen molar-refractivity contribution in [3.8, 4) is 22.5 Å². The number of imidazole rings is 2. The van der Waals surface area contributed by atoms with Gasteiger partial charge in [0, 0.05) is 43.8 Å². The number of hydrogen-bond acceptors (Lipinski definition) is 10. The molecule has 5 rings (SSSR count). The van der Waals surface area contributed by atoms with Gasteiger partial charge < -0.3 is 39.9 Å². The number of rotatable bonds is 16. The Morgan fingerprint density at radius 1 is 0.702 bits per heavy atom. The van der Waals surface area contributed by atoms with E-state index in [9.17, 15) is 19.2 Å². The van der Waals surface area contributed by atoms with Crippen LogP contribution in [0.5, 0.6) is 0 Å². The fourth-order valence-electron chi connectivity index (χ4n) is 6.58. The summed E-state index contributed by atoms with van der Waals surface area (Å²) >= 11 is 3.41. The average molecular weight is 819 g/mol. The number of aromatic amines is 2. The van der Waals surface area contributed by atoms with Crippen LogP contribution in [-0.4, -0.2) is 93.1 Å². The van der Waals surface area contributed by atoms with Gasteiger partial charge in [-0.3, -0.25) is 9.59 Å². The maximum Gasteiger partial charge on any atom is 0.407 e. The third-order valence-electron chi connectivity index (χ3n) is 9.71. The van der Waals surface area contributed by atoms with Crippen molar-refractivity contribution in [3.05, 3.63) is 60.4 Å². The Morgan fingerprint density at radius 3 is 1.72 bits per heavy atom. The van der Waals surface area contributed by atoms with Gasteiger partial charge in [-0.1, -0.05) is 77.2 Å². The number of aromatic nitrogens is 4. The van der Waals surface area contributed by atoms with Crippen LogP contribution in [0.1, 0.15) is 79.0 Å². The van der Waals surface area contributed by atoms with Gasteiger partial charge >= 0.3 is 12.2 Å². The molecule has 0 saturated carbocycles. The third-order valence-corrected chi connectivity index (χ3v) is 12.2. The van der Waals surface area contributed by atoms with Gasteiger partial charge in [0.1, 0.15) is 23.7 Å². The highest BCUT2D eigenvalue weighted by atomic mass is 32.2. The highest BCUT2D eigenvalue weighted by Crippen LogP contribution is 2.50. The van der Waals surface area contributed by atoms with Gasteiger partial charge in [-0.25, -0.2) is 19.6 Å². The van der Waals surface area contributed by atoms with Crippen LogP contribution >= 0.6 is 23.5 Å². The highest BCUT2D eigenvalue weighted by molar-refractivity contribution is 8.05. The average Bonchev–Trinajstić information content (AvgIpc) is 3.89. The number of ether oxygens (including phenoxy) is 2. The Balaban J connectivity index is 1.28. The SMILES string of the molecule is CCCN(Cc1ncc(-c2ccc3c(c2)Sc2ccc(-c4cnc([C@H](C)N(CCC)C(=O)[C@@H](NC(=O)OC)C(C)C)[nH]4)cc2S3)[nH]1)C(=O)[C@@H](NC(=O)OC)C(C)C. The van der Waals surface area contributed by atoms with Crippen molar-refractivity contribution in [3.63, 3.8) is 0 Å². The lowest BCUT2D eigenvalue weighted by Gasteiger charge is -2.33. The lowest BCUT2D eigenvalue weighted by Crippen LogP contribution is -2.52. The standard InChI is InChI=1S/C41H54N8O6S2/c1-10-16-48(38(50)35(23(3)4)46-40(52)54-8)22-34-42-20-28(44-34)26-12-14-30-32(18-26)56-31-15-13-27(19-33(31)57-30)29-21-43-37(45-29)25(7)49(17-11-2)39(51)36(24(5)6)47-41(53)55-9/h12-15,18-21,23-25,35-36H,10-11,16-17,22H2,1-9H3,(H,42,44)(H,43,45)(H,46,52)(H,47,53)/t25-,35-,36-/m0/s1.